The molecular formula is C34H45N3O4S. The Morgan fingerprint density at radius 1 is 0.881 bits per heavy atom. The molecule has 2 atom stereocenters. The highest BCUT2D eigenvalue weighted by Gasteiger charge is 2.42. The van der Waals surface area contributed by atoms with Crippen LogP contribution in [0.3, 0.4) is 0 Å². The van der Waals surface area contributed by atoms with Crippen LogP contribution in [0.4, 0.5) is 10.5 Å². The second-order valence-corrected chi connectivity index (χ2v) is 13.6. The zero-order valence-electron chi connectivity index (χ0n) is 26.3. The molecule has 0 bridgehead atoms. The number of hydrogen-bond donors (Lipinski definition) is 2. The normalized spacial score (nSPS) is 13.3. The van der Waals surface area contributed by atoms with Crippen molar-refractivity contribution < 1.29 is 19.1 Å². The maximum absolute atomic E-state index is 14.5. The molecule has 2 unspecified atom stereocenters. The molecule has 0 spiro atoms. The second-order valence-electron chi connectivity index (χ2n) is 12.6. The van der Waals surface area contributed by atoms with Crippen LogP contribution >= 0.6 is 11.8 Å². The minimum atomic E-state index is -0.956. The monoisotopic (exact) mass is 591 g/mol. The van der Waals surface area contributed by atoms with Gasteiger partial charge in [-0.3, -0.25) is 9.59 Å². The van der Waals surface area contributed by atoms with E-state index in [0.29, 0.717) is 17.9 Å². The van der Waals surface area contributed by atoms with Crippen LogP contribution in [0.5, 0.6) is 0 Å². The topological polar surface area (TPSA) is 87.7 Å². The number of nitrogens with one attached hydrogen (secondary N) is 2. The highest BCUT2D eigenvalue weighted by atomic mass is 32.2. The molecule has 0 saturated heterocycles. The Labute approximate surface area is 254 Å². The molecule has 0 radical (unpaired) electrons. The molecule has 0 aromatic heterocycles. The summed E-state index contributed by atoms with van der Waals surface area (Å²) in [5, 5.41) is 7.98. The average molecular weight is 592 g/mol. The van der Waals surface area contributed by atoms with E-state index in [2.05, 4.69) is 10.6 Å². The molecule has 0 aliphatic heterocycles. The fourth-order valence-electron chi connectivity index (χ4n) is 5.07. The SMILES string of the molecule is CSCCC(NC(=O)OC(C)(C)C)C(=O)N(C(C(=O)Nc1ccc2ccccc2c1)c1c(C)cccc1C)C(C)(C)C. The fourth-order valence-corrected chi connectivity index (χ4v) is 5.54. The van der Waals surface area contributed by atoms with Crippen LogP contribution in [0.2, 0.25) is 0 Å². The maximum Gasteiger partial charge on any atom is 0.408 e. The summed E-state index contributed by atoms with van der Waals surface area (Å²) < 4.78 is 5.50. The number of thioether (sulfide) groups is 1. The van der Waals surface area contributed by atoms with Crippen molar-refractivity contribution in [3.63, 3.8) is 0 Å². The van der Waals surface area contributed by atoms with Crippen molar-refractivity contribution in [2.24, 2.45) is 0 Å². The number of benzene rings is 3. The van der Waals surface area contributed by atoms with Crippen LogP contribution in [0.25, 0.3) is 10.8 Å². The van der Waals surface area contributed by atoms with Crippen molar-refractivity contribution in [1.82, 2.24) is 10.2 Å². The Balaban J connectivity index is 2.11. The van der Waals surface area contributed by atoms with E-state index in [4.69, 9.17) is 4.74 Å². The van der Waals surface area contributed by atoms with E-state index < -0.39 is 29.3 Å². The van der Waals surface area contributed by atoms with Gasteiger partial charge in [0.25, 0.3) is 5.91 Å². The van der Waals surface area contributed by atoms with Crippen LogP contribution in [0.15, 0.2) is 60.7 Å². The predicted molar refractivity (Wildman–Crippen MR) is 174 cm³/mol. The Morgan fingerprint density at radius 3 is 2.07 bits per heavy atom. The number of fused-ring (bicyclic) bond motifs is 1. The molecule has 42 heavy (non-hydrogen) atoms. The lowest BCUT2D eigenvalue weighted by Gasteiger charge is -2.43. The minimum absolute atomic E-state index is 0.327. The lowest BCUT2D eigenvalue weighted by Crippen LogP contribution is -2.58. The molecule has 226 valence electrons. The van der Waals surface area contributed by atoms with Crippen molar-refractivity contribution in [2.45, 2.75) is 85.0 Å². The lowest BCUT2D eigenvalue weighted by molar-refractivity contribution is -0.146. The molecule has 3 amide bonds. The van der Waals surface area contributed by atoms with E-state index in [0.717, 1.165) is 27.5 Å². The largest absolute Gasteiger partial charge is 0.444 e. The first-order valence-corrected chi connectivity index (χ1v) is 15.7. The van der Waals surface area contributed by atoms with E-state index in [1.165, 1.54) is 0 Å². The standard InChI is InChI=1S/C34H45N3O4S/c1-22-13-12-14-23(2)28(22)29(30(38)35-26-18-17-24-15-10-11-16-25(24)21-26)37(33(3,4)5)31(39)27(19-20-42-9)36-32(40)41-34(6,7)8/h10-18,21,27,29H,19-20H2,1-9H3,(H,35,38)(H,36,40). The van der Waals surface area contributed by atoms with Gasteiger partial charge in [0.2, 0.25) is 5.91 Å². The highest BCUT2D eigenvalue weighted by molar-refractivity contribution is 7.98. The van der Waals surface area contributed by atoms with Crippen LogP contribution in [0, 0.1) is 13.8 Å². The molecular weight excluding hydrogens is 546 g/mol. The third kappa shape index (κ3) is 8.51. The highest BCUT2D eigenvalue weighted by Crippen LogP contribution is 2.35. The lowest BCUT2D eigenvalue weighted by atomic mass is 9.90. The molecule has 7 nitrogen and oxygen atoms in total. The number of aryl methyl sites for hydroxylation is 2. The van der Waals surface area contributed by atoms with Gasteiger partial charge >= 0.3 is 6.09 Å². The van der Waals surface area contributed by atoms with Gasteiger partial charge in [0.05, 0.1) is 0 Å². The van der Waals surface area contributed by atoms with Gasteiger partial charge in [-0.1, -0.05) is 48.5 Å². The first-order chi connectivity index (χ1) is 19.6. The summed E-state index contributed by atoms with van der Waals surface area (Å²) in [5.41, 5.74) is 1.71. The number of hydrogen-bond acceptors (Lipinski definition) is 5. The van der Waals surface area contributed by atoms with E-state index in [1.807, 2.05) is 102 Å². The number of carbonyl (C=O) groups excluding carboxylic acids is 3. The minimum Gasteiger partial charge on any atom is -0.444 e. The number of ether oxygens (including phenoxy) is 1. The Bertz CT molecular complexity index is 1400. The molecule has 3 rings (SSSR count). The number of anilines is 1. The van der Waals surface area contributed by atoms with Gasteiger partial charge in [0.1, 0.15) is 17.7 Å². The fraction of sp³-hybridized carbons (Fsp3) is 0.441. The Hall–Kier alpha value is -3.52. The van der Waals surface area contributed by atoms with E-state index >= 15 is 0 Å². The molecule has 0 heterocycles. The summed E-state index contributed by atoms with van der Waals surface area (Å²) in [5.74, 6) is -0.0304. The summed E-state index contributed by atoms with van der Waals surface area (Å²) in [6.45, 7) is 15.0. The molecule has 2 N–H and O–H groups in total. The summed E-state index contributed by atoms with van der Waals surface area (Å²) in [4.78, 5) is 43.4. The van der Waals surface area contributed by atoms with Crippen molar-refractivity contribution in [3.8, 4) is 0 Å². The summed E-state index contributed by atoms with van der Waals surface area (Å²) >= 11 is 1.58. The smallest absolute Gasteiger partial charge is 0.408 e. The van der Waals surface area contributed by atoms with Crippen molar-refractivity contribution in [2.75, 3.05) is 17.3 Å². The predicted octanol–water partition coefficient (Wildman–Crippen LogP) is 7.41. The van der Waals surface area contributed by atoms with Gasteiger partial charge in [-0.05, 0) is 113 Å². The summed E-state index contributed by atoms with van der Waals surface area (Å²) in [6.07, 6.45) is 1.67. The van der Waals surface area contributed by atoms with Crippen LogP contribution in [-0.2, 0) is 14.3 Å². The zero-order valence-corrected chi connectivity index (χ0v) is 27.1. The molecule has 8 heteroatoms. The van der Waals surface area contributed by atoms with Crippen molar-refractivity contribution >= 4 is 46.1 Å². The van der Waals surface area contributed by atoms with E-state index in [-0.39, 0.29) is 11.8 Å². The van der Waals surface area contributed by atoms with E-state index in [1.54, 1.807) is 37.4 Å². The Kier molecular flexibility index (Phi) is 10.7. The number of carbonyl (C=O) groups is 3. The summed E-state index contributed by atoms with van der Waals surface area (Å²) in [6, 6.07) is 17.7. The van der Waals surface area contributed by atoms with Crippen LogP contribution in [0.1, 0.15) is 70.7 Å². The van der Waals surface area contributed by atoms with Gasteiger partial charge < -0.3 is 20.3 Å². The number of nitrogens with zero attached hydrogens (tertiary/aromatic N) is 1. The van der Waals surface area contributed by atoms with Crippen molar-refractivity contribution in [1.29, 1.82) is 0 Å². The molecule has 0 aliphatic rings. The zero-order chi connectivity index (χ0) is 31.2. The first-order valence-electron chi connectivity index (χ1n) is 14.3. The quantitative estimate of drug-likeness (QED) is 0.271. The van der Waals surface area contributed by atoms with Gasteiger partial charge in [-0.2, -0.15) is 11.8 Å². The summed E-state index contributed by atoms with van der Waals surface area (Å²) in [7, 11) is 0. The Morgan fingerprint density at radius 2 is 1.50 bits per heavy atom. The number of alkyl carbamates (subject to hydrolysis) is 1. The average Bonchev–Trinajstić information content (AvgIpc) is 2.88. The van der Waals surface area contributed by atoms with Gasteiger partial charge in [-0.15, -0.1) is 0 Å². The molecule has 0 fully saturated rings. The van der Waals surface area contributed by atoms with Crippen LogP contribution in [-0.4, -0.2) is 52.0 Å². The molecule has 0 aliphatic carbocycles. The van der Waals surface area contributed by atoms with Crippen LogP contribution < -0.4 is 10.6 Å². The van der Waals surface area contributed by atoms with Gasteiger partial charge in [0, 0.05) is 11.2 Å². The second kappa shape index (κ2) is 13.6. The molecule has 3 aromatic carbocycles. The third-order valence-electron chi connectivity index (χ3n) is 6.90. The molecule has 0 saturated carbocycles. The number of rotatable bonds is 9. The third-order valence-corrected chi connectivity index (χ3v) is 7.54. The van der Waals surface area contributed by atoms with Crippen molar-refractivity contribution in [3.05, 3.63) is 77.4 Å². The van der Waals surface area contributed by atoms with Gasteiger partial charge in [-0.25, -0.2) is 4.79 Å². The molecule has 3 aromatic rings. The maximum atomic E-state index is 14.5. The number of amides is 3. The van der Waals surface area contributed by atoms with Gasteiger partial charge in [0.15, 0.2) is 0 Å². The first kappa shape index (κ1) is 33.0. The van der Waals surface area contributed by atoms with E-state index in [9.17, 15) is 14.4 Å².